The number of carbonyl (C=O) groups excluding carboxylic acids is 3. The number of rotatable bonds is 4. The topological polar surface area (TPSA) is 66.5 Å². The van der Waals surface area contributed by atoms with Crippen molar-refractivity contribution in [3.63, 3.8) is 0 Å². The summed E-state index contributed by atoms with van der Waals surface area (Å²) in [6.45, 7) is 4.25. The average Bonchev–Trinajstić information content (AvgIpc) is 2.80. The van der Waals surface area contributed by atoms with Crippen LogP contribution < -0.4 is 5.32 Å². The minimum absolute atomic E-state index is 0.0163. The monoisotopic (exact) mass is 292 g/mol. The lowest BCUT2D eigenvalue weighted by molar-refractivity contribution is -0.130. The molecule has 1 aromatic rings. The first-order valence-electron chi connectivity index (χ1n) is 6.48. The number of aryl methyl sites for hydroxylation is 1. The van der Waals surface area contributed by atoms with Crippen LogP contribution in [0.1, 0.15) is 29.5 Å². The van der Waals surface area contributed by atoms with Gasteiger partial charge in [-0.05, 0) is 31.6 Å². The summed E-state index contributed by atoms with van der Waals surface area (Å²) in [5.41, 5.74) is 0.0163. The van der Waals surface area contributed by atoms with Crippen LogP contribution in [-0.4, -0.2) is 29.3 Å². The zero-order valence-electron chi connectivity index (χ0n) is 11.4. The van der Waals surface area contributed by atoms with Gasteiger partial charge in [-0.2, -0.15) is 0 Å². The van der Waals surface area contributed by atoms with Crippen LogP contribution >= 0.6 is 11.3 Å². The minimum Gasteiger partial charge on any atom is -0.273 e. The van der Waals surface area contributed by atoms with Gasteiger partial charge in [0.2, 0.25) is 0 Å². The van der Waals surface area contributed by atoms with E-state index < -0.39 is 17.8 Å². The summed E-state index contributed by atoms with van der Waals surface area (Å²) >= 11 is 1.49. The SMILES string of the molecule is CCCCN1C(=O)NC(=O)/C(=C/c2ccc(C)s2)C1=O. The fraction of sp³-hybridized carbons (Fsp3) is 0.357. The number of imide groups is 2. The molecule has 1 aromatic heterocycles. The van der Waals surface area contributed by atoms with Crippen molar-refractivity contribution in [2.75, 3.05) is 6.54 Å². The molecular weight excluding hydrogens is 276 g/mol. The highest BCUT2D eigenvalue weighted by Crippen LogP contribution is 2.20. The molecule has 0 aliphatic carbocycles. The second-order valence-electron chi connectivity index (χ2n) is 4.58. The Balaban J connectivity index is 2.27. The lowest BCUT2D eigenvalue weighted by Gasteiger charge is -2.26. The molecule has 0 saturated carbocycles. The molecule has 4 amide bonds. The molecule has 0 aromatic carbocycles. The summed E-state index contributed by atoms with van der Waals surface area (Å²) in [6.07, 6.45) is 3.13. The normalized spacial score (nSPS) is 17.8. The number of amides is 4. The van der Waals surface area contributed by atoms with E-state index in [-0.39, 0.29) is 5.57 Å². The van der Waals surface area contributed by atoms with Crippen LogP contribution in [0.25, 0.3) is 6.08 Å². The Kier molecular flexibility index (Phi) is 4.34. The smallest absolute Gasteiger partial charge is 0.273 e. The molecule has 106 valence electrons. The van der Waals surface area contributed by atoms with Crippen molar-refractivity contribution in [2.45, 2.75) is 26.7 Å². The van der Waals surface area contributed by atoms with E-state index in [1.165, 1.54) is 11.3 Å². The van der Waals surface area contributed by atoms with Gasteiger partial charge < -0.3 is 0 Å². The number of unbranched alkanes of at least 4 members (excludes halogenated alkanes) is 1. The van der Waals surface area contributed by atoms with Crippen LogP contribution in [-0.2, 0) is 9.59 Å². The molecule has 2 rings (SSSR count). The van der Waals surface area contributed by atoms with E-state index in [2.05, 4.69) is 5.32 Å². The zero-order valence-corrected chi connectivity index (χ0v) is 12.3. The maximum Gasteiger partial charge on any atom is 0.331 e. The van der Waals surface area contributed by atoms with Gasteiger partial charge in [0.15, 0.2) is 0 Å². The van der Waals surface area contributed by atoms with Crippen LogP contribution in [0.4, 0.5) is 4.79 Å². The highest BCUT2D eigenvalue weighted by molar-refractivity contribution is 7.12. The minimum atomic E-state index is -0.632. The molecule has 1 saturated heterocycles. The fourth-order valence-corrected chi connectivity index (χ4v) is 2.71. The summed E-state index contributed by atoms with van der Waals surface area (Å²) in [5.74, 6) is -1.14. The second-order valence-corrected chi connectivity index (χ2v) is 5.90. The Hall–Kier alpha value is -1.95. The van der Waals surface area contributed by atoms with E-state index in [1.54, 1.807) is 6.08 Å². The van der Waals surface area contributed by atoms with Gasteiger partial charge in [0.05, 0.1) is 0 Å². The quantitative estimate of drug-likeness (QED) is 0.684. The molecule has 6 heteroatoms. The molecule has 0 atom stereocenters. The van der Waals surface area contributed by atoms with E-state index >= 15 is 0 Å². The van der Waals surface area contributed by atoms with E-state index in [0.717, 1.165) is 27.5 Å². The zero-order chi connectivity index (χ0) is 14.7. The lowest BCUT2D eigenvalue weighted by atomic mass is 10.1. The average molecular weight is 292 g/mol. The molecule has 5 nitrogen and oxygen atoms in total. The van der Waals surface area contributed by atoms with Crippen molar-refractivity contribution in [2.24, 2.45) is 0 Å². The Labute approximate surface area is 121 Å². The van der Waals surface area contributed by atoms with Gasteiger partial charge in [-0.15, -0.1) is 11.3 Å². The first kappa shape index (κ1) is 14.5. The van der Waals surface area contributed by atoms with Crippen LogP contribution in [0.15, 0.2) is 17.7 Å². The summed E-state index contributed by atoms with van der Waals surface area (Å²) in [6, 6.07) is 3.13. The summed E-state index contributed by atoms with van der Waals surface area (Å²) < 4.78 is 0. The second kappa shape index (κ2) is 6.00. The number of thiophene rings is 1. The molecule has 1 N–H and O–H groups in total. The summed E-state index contributed by atoms with van der Waals surface area (Å²) in [5, 5.41) is 2.21. The van der Waals surface area contributed by atoms with Gasteiger partial charge in [0.1, 0.15) is 5.57 Å². The van der Waals surface area contributed by atoms with Crippen molar-refractivity contribution < 1.29 is 14.4 Å². The fourth-order valence-electron chi connectivity index (χ4n) is 1.89. The predicted molar refractivity (Wildman–Crippen MR) is 77.2 cm³/mol. The highest BCUT2D eigenvalue weighted by Gasteiger charge is 2.35. The van der Waals surface area contributed by atoms with Gasteiger partial charge in [0.25, 0.3) is 11.8 Å². The molecule has 2 heterocycles. The van der Waals surface area contributed by atoms with Crippen LogP contribution in [0, 0.1) is 6.92 Å². The standard InChI is InChI=1S/C14H16N2O3S/c1-3-4-7-16-13(18)11(12(17)15-14(16)19)8-10-6-5-9(2)20-10/h5-6,8H,3-4,7H2,1-2H3,(H,15,17,19)/b11-8-. The molecule has 1 aliphatic rings. The maximum atomic E-state index is 12.2. The number of hydrogen-bond acceptors (Lipinski definition) is 4. The van der Waals surface area contributed by atoms with Gasteiger partial charge in [0, 0.05) is 16.3 Å². The van der Waals surface area contributed by atoms with Crippen molar-refractivity contribution in [3.05, 3.63) is 27.5 Å². The van der Waals surface area contributed by atoms with Crippen molar-refractivity contribution in [1.29, 1.82) is 0 Å². The number of nitrogens with one attached hydrogen (secondary N) is 1. The van der Waals surface area contributed by atoms with Crippen LogP contribution in [0.2, 0.25) is 0 Å². The number of carbonyl (C=O) groups is 3. The van der Waals surface area contributed by atoms with Crippen molar-refractivity contribution in [1.82, 2.24) is 10.2 Å². The van der Waals surface area contributed by atoms with Gasteiger partial charge in [-0.3, -0.25) is 19.8 Å². The number of hydrogen-bond donors (Lipinski definition) is 1. The molecule has 1 aliphatic heterocycles. The Morgan fingerprint density at radius 1 is 1.30 bits per heavy atom. The summed E-state index contributed by atoms with van der Waals surface area (Å²) in [7, 11) is 0. The molecule has 0 radical (unpaired) electrons. The van der Waals surface area contributed by atoms with Gasteiger partial charge in [-0.1, -0.05) is 13.3 Å². The molecule has 0 unspecified atom stereocenters. The molecule has 0 bridgehead atoms. The number of urea groups is 1. The van der Waals surface area contributed by atoms with Crippen LogP contribution in [0.5, 0.6) is 0 Å². The van der Waals surface area contributed by atoms with E-state index in [0.29, 0.717) is 6.54 Å². The van der Waals surface area contributed by atoms with Gasteiger partial charge >= 0.3 is 6.03 Å². The van der Waals surface area contributed by atoms with E-state index in [9.17, 15) is 14.4 Å². The van der Waals surface area contributed by atoms with E-state index in [1.807, 2.05) is 26.0 Å². The first-order chi connectivity index (χ1) is 9.52. The van der Waals surface area contributed by atoms with Crippen molar-refractivity contribution in [3.8, 4) is 0 Å². The van der Waals surface area contributed by atoms with Crippen LogP contribution in [0.3, 0.4) is 0 Å². The molecule has 1 fully saturated rings. The van der Waals surface area contributed by atoms with Gasteiger partial charge in [-0.25, -0.2) is 4.79 Å². The third-order valence-corrected chi connectivity index (χ3v) is 3.92. The summed E-state index contributed by atoms with van der Waals surface area (Å²) in [4.78, 5) is 38.7. The third-order valence-electron chi connectivity index (χ3n) is 2.97. The molecule has 20 heavy (non-hydrogen) atoms. The Morgan fingerprint density at radius 2 is 2.05 bits per heavy atom. The predicted octanol–water partition coefficient (Wildman–Crippen LogP) is 2.32. The maximum absolute atomic E-state index is 12.2. The Morgan fingerprint density at radius 3 is 2.65 bits per heavy atom. The first-order valence-corrected chi connectivity index (χ1v) is 7.30. The van der Waals surface area contributed by atoms with Crippen molar-refractivity contribution >= 4 is 35.3 Å². The number of nitrogens with zero attached hydrogens (tertiary/aromatic N) is 1. The largest absolute Gasteiger partial charge is 0.331 e. The number of barbiturate groups is 1. The Bertz CT molecular complexity index is 589. The molecule has 0 spiro atoms. The lowest BCUT2D eigenvalue weighted by Crippen LogP contribution is -2.54. The molecular formula is C14H16N2O3S. The van der Waals surface area contributed by atoms with E-state index in [4.69, 9.17) is 0 Å². The highest BCUT2D eigenvalue weighted by atomic mass is 32.1. The third kappa shape index (κ3) is 2.96.